The Morgan fingerprint density at radius 2 is 1.67 bits per heavy atom. The van der Waals surface area contributed by atoms with E-state index in [2.05, 4.69) is 13.8 Å². The Kier molecular flexibility index (Phi) is 5.19. The van der Waals surface area contributed by atoms with E-state index in [4.69, 9.17) is 5.11 Å². The van der Waals surface area contributed by atoms with Gasteiger partial charge in [-0.2, -0.15) is 0 Å². The van der Waals surface area contributed by atoms with Crippen molar-refractivity contribution in [2.75, 3.05) is 0 Å². The van der Waals surface area contributed by atoms with Crippen LogP contribution in [0.3, 0.4) is 0 Å². The highest BCUT2D eigenvalue weighted by Crippen LogP contribution is 2.29. The SMILES string of the molecule is CCC(C)(BCc1ccc(CO)cc1)c1ccccc1F. The van der Waals surface area contributed by atoms with E-state index in [1.807, 2.05) is 36.4 Å². The zero-order valence-corrected chi connectivity index (χ0v) is 12.8. The fourth-order valence-electron chi connectivity index (χ4n) is 2.68. The number of halogens is 1. The van der Waals surface area contributed by atoms with Crippen molar-refractivity contribution in [3.8, 4) is 0 Å². The van der Waals surface area contributed by atoms with Gasteiger partial charge in [-0.05, 0) is 22.5 Å². The molecule has 0 aromatic heterocycles. The molecule has 0 radical (unpaired) electrons. The molecule has 1 nitrogen and oxygen atoms in total. The Balaban J connectivity index is 2.13. The van der Waals surface area contributed by atoms with Crippen LogP contribution in [-0.4, -0.2) is 12.4 Å². The quantitative estimate of drug-likeness (QED) is 0.804. The first kappa shape index (κ1) is 15.8. The summed E-state index contributed by atoms with van der Waals surface area (Å²) in [5.74, 6) is -0.113. The Labute approximate surface area is 127 Å². The van der Waals surface area contributed by atoms with Gasteiger partial charge in [0.25, 0.3) is 0 Å². The number of aliphatic hydroxyl groups excluding tert-OH is 1. The van der Waals surface area contributed by atoms with Crippen molar-refractivity contribution in [3.05, 3.63) is 71.0 Å². The van der Waals surface area contributed by atoms with Gasteiger partial charge in [-0.1, -0.05) is 74.6 Å². The van der Waals surface area contributed by atoms with Crippen LogP contribution in [0.25, 0.3) is 0 Å². The molecule has 0 fully saturated rings. The molecule has 0 aliphatic rings. The van der Waals surface area contributed by atoms with Crippen molar-refractivity contribution in [2.24, 2.45) is 0 Å². The van der Waals surface area contributed by atoms with Crippen molar-refractivity contribution in [1.82, 2.24) is 0 Å². The summed E-state index contributed by atoms with van der Waals surface area (Å²) >= 11 is 0. The maximum absolute atomic E-state index is 14.1. The lowest BCUT2D eigenvalue weighted by Gasteiger charge is -2.28. The molecule has 0 aliphatic heterocycles. The molecule has 0 heterocycles. The van der Waals surface area contributed by atoms with Gasteiger partial charge in [-0.3, -0.25) is 0 Å². The molecule has 2 rings (SSSR count). The van der Waals surface area contributed by atoms with E-state index in [0.717, 1.165) is 31.1 Å². The molecule has 0 spiro atoms. The van der Waals surface area contributed by atoms with E-state index in [9.17, 15) is 4.39 Å². The van der Waals surface area contributed by atoms with Gasteiger partial charge in [0, 0.05) is 0 Å². The largest absolute Gasteiger partial charge is 0.392 e. The topological polar surface area (TPSA) is 20.2 Å². The smallest absolute Gasteiger partial charge is 0.138 e. The van der Waals surface area contributed by atoms with Crippen LogP contribution < -0.4 is 0 Å². The van der Waals surface area contributed by atoms with Crippen LogP contribution in [0.2, 0.25) is 0 Å². The van der Waals surface area contributed by atoms with E-state index >= 15 is 0 Å². The van der Waals surface area contributed by atoms with Crippen molar-refractivity contribution in [3.63, 3.8) is 0 Å². The summed E-state index contributed by atoms with van der Waals surface area (Å²) in [5, 5.41) is 8.91. The van der Waals surface area contributed by atoms with Crippen molar-refractivity contribution in [2.45, 2.75) is 38.5 Å². The third-order valence-corrected chi connectivity index (χ3v) is 4.48. The van der Waals surface area contributed by atoms with Gasteiger partial charge >= 0.3 is 0 Å². The van der Waals surface area contributed by atoms with E-state index in [1.165, 1.54) is 5.56 Å². The number of hydrogen-bond donors (Lipinski definition) is 1. The Bertz CT molecular complexity index is 582. The fourth-order valence-corrected chi connectivity index (χ4v) is 2.68. The zero-order chi connectivity index (χ0) is 15.3. The molecule has 1 N–H and O–H groups in total. The standard InChI is InChI=1S/C18H22BFO/c1-3-18(2,16-6-4-5-7-17(16)20)19-12-14-8-10-15(13-21)11-9-14/h4-11,19,21H,3,12-13H2,1-2H3. The molecule has 0 amide bonds. The zero-order valence-electron chi connectivity index (χ0n) is 12.8. The Hall–Kier alpha value is -1.61. The number of hydrogen-bond acceptors (Lipinski definition) is 1. The van der Waals surface area contributed by atoms with Gasteiger partial charge in [-0.25, -0.2) is 4.39 Å². The summed E-state index contributed by atoms with van der Waals surface area (Å²) in [6.07, 6.45) is 1.81. The van der Waals surface area contributed by atoms with E-state index in [-0.39, 0.29) is 17.7 Å². The average molecular weight is 284 g/mol. The Morgan fingerprint density at radius 1 is 1.05 bits per heavy atom. The maximum atomic E-state index is 14.1. The van der Waals surface area contributed by atoms with Gasteiger partial charge < -0.3 is 5.11 Å². The third-order valence-electron chi connectivity index (χ3n) is 4.48. The first-order chi connectivity index (χ1) is 10.1. The van der Waals surface area contributed by atoms with Crippen LogP contribution >= 0.6 is 0 Å². The van der Waals surface area contributed by atoms with Crippen LogP contribution in [0.1, 0.15) is 37.0 Å². The predicted molar refractivity (Wildman–Crippen MR) is 87.3 cm³/mol. The minimum atomic E-state index is -0.152. The highest BCUT2D eigenvalue weighted by atomic mass is 19.1. The maximum Gasteiger partial charge on any atom is 0.138 e. The van der Waals surface area contributed by atoms with E-state index in [1.54, 1.807) is 12.1 Å². The number of rotatable bonds is 6. The summed E-state index contributed by atoms with van der Waals surface area (Å²) in [6.45, 7) is 4.32. The molecule has 110 valence electrons. The molecule has 21 heavy (non-hydrogen) atoms. The highest BCUT2D eigenvalue weighted by molar-refractivity contribution is 6.39. The lowest BCUT2D eigenvalue weighted by Crippen LogP contribution is -2.31. The van der Waals surface area contributed by atoms with Crippen LogP contribution in [0, 0.1) is 5.82 Å². The number of aliphatic hydroxyl groups is 1. The Morgan fingerprint density at radius 3 is 2.24 bits per heavy atom. The third kappa shape index (κ3) is 3.73. The van der Waals surface area contributed by atoms with Crippen molar-refractivity contribution in [1.29, 1.82) is 0 Å². The highest BCUT2D eigenvalue weighted by Gasteiger charge is 2.28. The molecule has 1 atom stereocenters. The molecule has 0 aliphatic carbocycles. The van der Waals surface area contributed by atoms with Gasteiger partial charge in [-0.15, -0.1) is 0 Å². The summed E-state index contributed by atoms with van der Waals surface area (Å²) in [4.78, 5) is 0. The fraction of sp³-hybridized carbons (Fsp3) is 0.333. The van der Waals surface area contributed by atoms with Crippen LogP contribution in [0.15, 0.2) is 48.5 Å². The van der Waals surface area contributed by atoms with Crippen LogP contribution in [-0.2, 0) is 18.2 Å². The van der Waals surface area contributed by atoms with Gasteiger partial charge in [0.05, 0.1) is 6.61 Å². The second kappa shape index (κ2) is 6.90. The normalized spacial score (nSPS) is 13.7. The molecular formula is C18H22BFO. The molecule has 1 unspecified atom stereocenters. The predicted octanol–water partition coefficient (Wildman–Crippen LogP) is 3.58. The molecule has 2 aromatic carbocycles. The van der Waals surface area contributed by atoms with Gasteiger partial charge in [0.2, 0.25) is 0 Å². The molecular weight excluding hydrogens is 262 g/mol. The second-order valence-corrected chi connectivity index (χ2v) is 5.87. The summed E-state index contributed by atoms with van der Waals surface area (Å²) in [6, 6.07) is 15.1. The second-order valence-electron chi connectivity index (χ2n) is 5.87. The lowest BCUT2D eigenvalue weighted by atomic mass is 9.47. The summed E-state index contributed by atoms with van der Waals surface area (Å²) in [5.41, 5.74) is 2.95. The van der Waals surface area contributed by atoms with Crippen LogP contribution in [0.5, 0.6) is 0 Å². The lowest BCUT2D eigenvalue weighted by molar-refractivity contribution is 0.282. The molecule has 3 heteroatoms. The molecule has 0 saturated heterocycles. The monoisotopic (exact) mass is 284 g/mol. The van der Waals surface area contributed by atoms with Crippen molar-refractivity contribution >= 4 is 7.28 Å². The molecule has 0 bridgehead atoms. The minimum Gasteiger partial charge on any atom is -0.392 e. The molecule has 2 aromatic rings. The van der Waals surface area contributed by atoms with Gasteiger partial charge in [0.1, 0.15) is 13.1 Å². The van der Waals surface area contributed by atoms with Gasteiger partial charge in [0.15, 0.2) is 0 Å². The first-order valence-corrected chi connectivity index (χ1v) is 7.53. The van der Waals surface area contributed by atoms with Crippen molar-refractivity contribution < 1.29 is 9.50 Å². The minimum absolute atomic E-state index is 0.0716. The summed E-state index contributed by atoms with van der Waals surface area (Å²) < 4.78 is 14.1. The van der Waals surface area contributed by atoms with E-state index < -0.39 is 0 Å². The summed E-state index contributed by atoms with van der Waals surface area (Å²) in [7, 11) is 0.906. The van der Waals surface area contributed by atoms with E-state index in [0.29, 0.717) is 0 Å². The molecule has 0 saturated carbocycles. The average Bonchev–Trinajstić information content (AvgIpc) is 2.53. The number of benzene rings is 2. The first-order valence-electron chi connectivity index (χ1n) is 7.53. The van der Waals surface area contributed by atoms with Crippen LogP contribution in [0.4, 0.5) is 4.39 Å².